The second-order valence-electron chi connectivity index (χ2n) is 8.77. The van der Waals surface area contributed by atoms with Crippen LogP contribution in [0.25, 0.3) is 0 Å². The first kappa shape index (κ1) is 27.3. The Morgan fingerprint density at radius 3 is 2.05 bits per heavy atom. The first-order chi connectivity index (χ1) is 18.8. The summed E-state index contributed by atoms with van der Waals surface area (Å²) in [5, 5.41) is 2.88. The molecule has 2 amide bonds. The van der Waals surface area contributed by atoms with Crippen molar-refractivity contribution in [3.63, 3.8) is 0 Å². The molecule has 39 heavy (non-hydrogen) atoms. The average Bonchev–Trinajstić information content (AvgIpc) is 2.97. The van der Waals surface area contributed by atoms with E-state index in [-0.39, 0.29) is 17.2 Å². The van der Waals surface area contributed by atoms with Gasteiger partial charge in [0.25, 0.3) is 5.91 Å². The molecule has 1 N–H and O–H groups in total. The van der Waals surface area contributed by atoms with E-state index in [1.54, 1.807) is 61.6 Å². The Morgan fingerprint density at radius 2 is 1.41 bits per heavy atom. The number of likely N-dealkylation sites (N-methyl/N-ethyl adjacent to an activating group) is 1. The Kier molecular flexibility index (Phi) is 7.94. The van der Waals surface area contributed by atoms with Gasteiger partial charge in [0, 0.05) is 12.6 Å². The summed E-state index contributed by atoms with van der Waals surface area (Å²) in [7, 11) is 8.89. The molecule has 0 unspecified atom stereocenters. The van der Waals surface area contributed by atoms with E-state index >= 15 is 0 Å². The molecule has 1 aliphatic rings. The summed E-state index contributed by atoms with van der Waals surface area (Å²) in [6, 6.07) is 14.3. The summed E-state index contributed by atoms with van der Waals surface area (Å²) in [5.41, 5.74) is 1.87. The fraction of sp³-hybridized carbons (Fsp3) is 0.276. The number of carbonyl (C=O) groups is 3. The van der Waals surface area contributed by atoms with Crippen LogP contribution in [0.5, 0.6) is 23.0 Å². The van der Waals surface area contributed by atoms with Crippen molar-refractivity contribution < 1.29 is 38.1 Å². The van der Waals surface area contributed by atoms with Crippen molar-refractivity contribution in [3.05, 3.63) is 76.9 Å². The molecule has 204 valence electrons. The maximum atomic E-state index is 14.1. The van der Waals surface area contributed by atoms with Crippen molar-refractivity contribution >= 4 is 23.5 Å². The number of carbonyl (C=O) groups excluding carboxylic acids is 3. The van der Waals surface area contributed by atoms with Gasteiger partial charge in [0.05, 0.1) is 58.8 Å². The predicted molar refractivity (Wildman–Crippen MR) is 143 cm³/mol. The number of amides is 2. The highest BCUT2D eigenvalue weighted by Gasteiger charge is 2.44. The van der Waals surface area contributed by atoms with Crippen LogP contribution in [0.3, 0.4) is 0 Å². The molecule has 1 aliphatic heterocycles. The first-order valence-electron chi connectivity index (χ1n) is 12.0. The van der Waals surface area contributed by atoms with Gasteiger partial charge in [-0.15, -0.1) is 0 Å². The molecule has 3 aromatic rings. The highest BCUT2D eigenvalue weighted by Crippen LogP contribution is 2.47. The Balaban J connectivity index is 1.91. The molecule has 10 nitrogen and oxygen atoms in total. The van der Waals surface area contributed by atoms with Crippen LogP contribution in [0.4, 0.5) is 5.69 Å². The molecule has 0 spiro atoms. The molecule has 0 fully saturated rings. The number of para-hydroxylation sites is 1. The van der Waals surface area contributed by atoms with E-state index in [4.69, 9.17) is 23.7 Å². The lowest BCUT2D eigenvalue weighted by molar-refractivity contribution is -0.119. The van der Waals surface area contributed by atoms with Crippen LogP contribution < -0.4 is 24.3 Å². The third-order valence-electron chi connectivity index (χ3n) is 6.80. The van der Waals surface area contributed by atoms with Gasteiger partial charge in [-0.05, 0) is 47.5 Å². The van der Waals surface area contributed by atoms with Crippen LogP contribution in [-0.2, 0) is 9.53 Å². The number of anilines is 1. The fourth-order valence-corrected chi connectivity index (χ4v) is 4.88. The standard InChI is InChI=1S/C29H30N2O8/c1-31-26(16-11-12-21(35-2)22(13-16)36-3)25(18-14-23(37-4)24(38-5)15-19(18)28(31)33)27(32)30-20-10-8-7-9-17(20)29(34)39-6/h7-15,25-26H,1-6H3,(H,30,32)/t25-,26-/m0/s1. The quantitative estimate of drug-likeness (QED) is 0.431. The second-order valence-corrected chi connectivity index (χ2v) is 8.77. The number of fused-ring (bicyclic) bond motifs is 1. The number of methoxy groups -OCH3 is 5. The summed E-state index contributed by atoms with van der Waals surface area (Å²) in [6.07, 6.45) is 0. The van der Waals surface area contributed by atoms with Gasteiger partial charge in [0.15, 0.2) is 23.0 Å². The van der Waals surface area contributed by atoms with Gasteiger partial charge in [-0.2, -0.15) is 0 Å². The van der Waals surface area contributed by atoms with Crippen molar-refractivity contribution in [3.8, 4) is 23.0 Å². The summed E-state index contributed by atoms with van der Waals surface area (Å²) >= 11 is 0. The molecule has 0 aromatic heterocycles. The van der Waals surface area contributed by atoms with Gasteiger partial charge in [-0.3, -0.25) is 9.59 Å². The number of hydrogen-bond donors (Lipinski definition) is 1. The minimum absolute atomic E-state index is 0.198. The molecule has 0 saturated heterocycles. The van der Waals surface area contributed by atoms with Gasteiger partial charge >= 0.3 is 5.97 Å². The van der Waals surface area contributed by atoms with Gasteiger partial charge in [-0.25, -0.2) is 4.79 Å². The van der Waals surface area contributed by atoms with Gasteiger partial charge in [0.2, 0.25) is 5.91 Å². The van der Waals surface area contributed by atoms with Crippen molar-refractivity contribution in [2.24, 2.45) is 0 Å². The molecule has 0 radical (unpaired) electrons. The van der Waals surface area contributed by atoms with E-state index in [0.29, 0.717) is 39.7 Å². The fourth-order valence-electron chi connectivity index (χ4n) is 4.88. The number of esters is 1. The molecule has 2 atom stereocenters. The Hall–Kier alpha value is -4.73. The first-order valence-corrected chi connectivity index (χ1v) is 12.0. The Labute approximate surface area is 226 Å². The van der Waals surface area contributed by atoms with Crippen molar-refractivity contribution in [1.82, 2.24) is 4.90 Å². The van der Waals surface area contributed by atoms with Gasteiger partial charge in [0.1, 0.15) is 0 Å². The van der Waals surface area contributed by atoms with E-state index in [1.165, 1.54) is 40.4 Å². The molecular weight excluding hydrogens is 504 g/mol. The maximum absolute atomic E-state index is 14.1. The lowest BCUT2D eigenvalue weighted by Gasteiger charge is -2.40. The zero-order chi connectivity index (χ0) is 28.3. The second kappa shape index (κ2) is 11.3. The van der Waals surface area contributed by atoms with Crippen LogP contribution in [0.15, 0.2) is 54.6 Å². The van der Waals surface area contributed by atoms with E-state index in [2.05, 4.69) is 5.32 Å². The smallest absolute Gasteiger partial charge is 0.339 e. The topological polar surface area (TPSA) is 113 Å². The van der Waals surface area contributed by atoms with Crippen molar-refractivity contribution in [2.75, 3.05) is 47.9 Å². The number of hydrogen-bond acceptors (Lipinski definition) is 8. The Morgan fingerprint density at radius 1 is 0.795 bits per heavy atom. The van der Waals surface area contributed by atoms with Crippen LogP contribution in [0.2, 0.25) is 0 Å². The third kappa shape index (κ3) is 4.93. The molecular formula is C29H30N2O8. The average molecular weight is 535 g/mol. The van der Waals surface area contributed by atoms with E-state index < -0.39 is 23.8 Å². The minimum atomic E-state index is -0.911. The summed E-state index contributed by atoms with van der Waals surface area (Å²) < 4.78 is 26.7. The van der Waals surface area contributed by atoms with Crippen molar-refractivity contribution in [2.45, 2.75) is 12.0 Å². The van der Waals surface area contributed by atoms with E-state index in [0.717, 1.165) is 0 Å². The largest absolute Gasteiger partial charge is 0.493 e. The monoisotopic (exact) mass is 534 g/mol. The van der Waals surface area contributed by atoms with Crippen LogP contribution in [-0.4, -0.2) is 65.3 Å². The highest BCUT2D eigenvalue weighted by atomic mass is 16.5. The van der Waals surface area contributed by atoms with Crippen LogP contribution >= 0.6 is 0 Å². The minimum Gasteiger partial charge on any atom is -0.493 e. The van der Waals surface area contributed by atoms with Gasteiger partial charge < -0.3 is 33.9 Å². The number of nitrogens with one attached hydrogen (secondary N) is 1. The van der Waals surface area contributed by atoms with E-state index in [9.17, 15) is 14.4 Å². The molecule has 1 heterocycles. The van der Waals surface area contributed by atoms with E-state index in [1.807, 2.05) is 0 Å². The molecule has 4 rings (SSSR count). The molecule has 0 saturated carbocycles. The number of ether oxygens (including phenoxy) is 5. The summed E-state index contributed by atoms with van der Waals surface area (Å²) in [4.78, 5) is 41.6. The lowest BCUT2D eigenvalue weighted by Crippen LogP contribution is -2.44. The van der Waals surface area contributed by atoms with Crippen molar-refractivity contribution in [1.29, 1.82) is 0 Å². The SMILES string of the molecule is COC(=O)c1ccccc1NC(=O)[C@H]1c2cc(OC)c(OC)cc2C(=O)N(C)[C@H]1c1ccc(OC)c(OC)c1. The number of benzene rings is 3. The summed E-state index contributed by atoms with van der Waals surface area (Å²) in [6.45, 7) is 0. The third-order valence-corrected chi connectivity index (χ3v) is 6.80. The number of rotatable bonds is 8. The number of nitrogens with zero attached hydrogens (tertiary/aromatic N) is 1. The molecule has 3 aromatic carbocycles. The zero-order valence-corrected chi connectivity index (χ0v) is 22.6. The molecule has 0 aliphatic carbocycles. The lowest BCUT2D eigenvalue weighted by atomic mass is 9.79. The Bertz CT molecular complexity index is 1420. The summed E-state index contributed by atoms with van der Waals surface area (Å²) in [5.74, 6) is -0.569. The van der Waals surface area contributed by atoms with Crippen LogP contribution in [0.1, 0.15) is 43.8 Å². The molecule has 0 bridgehead atoms. The predicted octanol–water partition coefficient (Wildman–Crippen LogP) is 4.06. The van der Waals surface area contributed by atoms with Crippen LogP contribution in [0, 0.1) is 0 Å². The highest BCUT2D eigenvalue weighted by molar-refractivity contribution is 6.07. The van der Waals surface area contributed by atoms with Gasteiger partial charge in [-0.1, -0.05) is 18.2 Å². The molecule has 10 heteroatoms. The maximum Gasteiger partial charge on any atom is 0.339 e. The zero-order valence-electron chi connectivity index (χ0n) is 22.6. The normalized spacial score (nSPS) is 16.2.